The maximum absolute atomic E-state index is 2.41. The van der Waals surface area contributed by atoms with E-state index in [9.17, 15) is 0 Å². The third-order valence-corrected chi connectivity index (χ3v) is 5.02. The van der Waals surface area contributed by atoms with E-state index in [4.69, 9.17) is 0 Å². The Morgan fingerprint density at radius 3 is 2.47 bits per heavy atom. The van der Waals surface area contributed by atoms with E-state index in [2.05, 4.69) is 37.2 Å². The van der Waals surface area contributed by atoms with Gasteiger partial charge in [0.15, 0.2) is 0 Å². The van der Waals surface area contributed by atoms with E-state index in [1.165, 1.54) is 44.9 Å². The van der Waals surface area contributed by atoms with Crippen LogP contribution < -0.4 is 0 Å². The van der Waals surface area contributed by atoms with Crippen molar-refractivity contribution in [1.29, 1.82) is 0 Å². The fraction of sp³-hybridized carbons (Fsp3) is 0.647. The highest BCUT2D eigenvalue weighted by atomic mass is 35.5. The Bertz CT molecular complexity index is 421. The normalized spacial score (nSPS) is 23.2. The van der Waals surface area contributed by atoms with E-state index in [-0.39, 0.29) is 12.4 Å². The fourth-order valence-electron chi connectivity index (χ4n) is 3.86. The van der Waals surface area contributed by atoms with E-state index in [0.29, 0.717) is 0 Å². The molecule has 0 radical (unpaired) electrons. The van der Waals surface area contributed by atoms with Crippen molar-refractivity contribution < 1.29 is 0 Å². The molecule has 0 heterocycles. The maximum atomic E-state index is 2.41. The molecule has 1 aromatic rings. The lowest BCUT2D eigenvalue weighted by molar-refractivity contribution is 0.267. The number of hydrogen-bond donors (Lipinski definition) is 0. The van der Waals surface area contributed by atoms with Crippen molar-refractivity contribution in [3.05, 3.63) is 34.9 Å². The van der Waals surface area contributed by atoms with Crippen molar-refractivity contribution in [3.8, 4) is 0 Å². The smallest absolute Gasteiger partial charge is 0.0133 e. The number of rotatable bonds is 2. The average Bonchev–Trinajstić information content (AvgIpc) is 2.91. The maximum Gasteiger partial charge on any atom is 0.0133 e. The van der Waals surface area contributed by atoms with Gasteiger partial charge in [-0.1, -0.05) is 31.0 Å². The molecule has 0 unspecified atom stereocenters. The number of likely N-dealkylation sites (N-methyl/N-ethyl adjacent to an activating group) is 1. The Kier molecular flexibility index (Phi) is 4.92. The fourth-order valence-corrected chi connectivity index (χ4v) is 3.86. The molecule has 2 heteroatoms. The Balaban J connectivity index is 0.00000133. The van der Waals surface area contributed by atoms with Gasteiger partial charge >= 0.3 is 0 Å². The van der Waals surface area contributed by atoms with Crippen LogP contribution in [0.4, 0.5) is 0 Å². The quantitative estimate of drug-likeness (QED) is 0.785. The van der Waals surface area contributed by atoms with Gasteiger partial charge in [-0.3, -0.25) is 0 Å². The number of fused-ring (bicyclic) bond motifs is 1. The summed E-state index contributed by atoms with van der Waals surface area (Å²) < 4.78 is 0. The number of halogens is 1. The number of benzene rings is 1. The Hall–Kier alpha value is -0.530. The van der Waals surface area contributed by atoms with Crippen molar-refractivity contribution in [1.82, 2.24) is 4.90 Å². The molecule has 19 heavy (non-hydrogen) atoms. The van der Waals surface area contributed by atoms with Crippen LogP contribution in [-0.2, 0) is 12.8 Å². The largest absolute Gasteiger partial charge is 0.306 e. The summed E-state index contributed by atoms with van der Waals surface area (Å²) in [4.78, 5) is 2.41. The van der Waals surface area contributed by atoms with Crippen molar-refractivity contribution in [2.75, 3.05) is 14.1 Å². The first-order valence-corrected chi connectivity index (χ1v) is 7.53. The zero-order valence-corrected chi connectivity index (χ0v) is 13.0. The van der Waals surface area contributed by atoms with Gasteiger partial charge in [-0.15, -0.1) is 12.4 Å². The summed E-state index contributed by atoms with van der Waals surface area (Å²) >= 11 is 0. The average molecular weight is 280 g/mol. The van der Waals surface area contributed by atoms with Crippen LogP contribution in [0.3, 0.4) is 0 Å². The minimum atomic E-state index is 0. The SMILES string of the molecule is CN(C)[C@@H]1CCc2cccc(C3CCCC3)c2C1.Cl. The highest BCUT2D eigenvalue weighted by Crippen LogP contribution is 2.38. The highest BCUT2D eigenvalue weighted by molar-refractivity contribution is 5.85. The van der Waals surface area contributed by atoms with Crippen LogP contribution in [0.1, 0.15) is 54.7 Å². The second-order valence-corrected chi connectivity index (χ2v) is 6.33. The van der Waals surface area contributed by atoms with Gasteiger partial charge in [-0.05, 0) is 68.8 Å². The van der Waals surface area contributed by atoms with Gasteiger partial charge in [0, 0.05) is 6.04 Å². The molecule has 3 rings (SSSR count). The summed E-state index contributed by atoms with van der Waals surface area (Å²) in [5.41, 5.74) is 5.03. The molecule has 0 spiro atoms. The Labute approximate surface area is 123 Å². The standard InChI is InChI=1S/C17H25N.ClH/c1-18(2)15-11-10-14-8-5-9-16(17(14)12-15)13-6-3-4-7-13;/h5,8-9,13,15H,3-4,6-7,10-12H2,1-2H3;1H/t15-;/m1./s1. The van der Waals surface area contributed by atoms with Gasteiger partial charge in [0.2, 0.25) is 0 Å². The van der Waals surface area contributed by atoms with Gasteiger partial charge in [0.25, 0.3) is 0 Å². The summed E-state index contributed by atoms with van der Waals surface area (Å²) in [5.74, 6) is 0.862. The van der Waals surface area contributed by atoms with Crippen LogP contribution in [0.15, 0.2) is 18.2 Å². The molecule has 0 saturated heterocycles. The third kappa shape index (κ3) is 2.98. The summed E-state index contributed by atoms with van der Waals surface area (Å²) in [6.07, 6.45) is 9.59. The molecule has 2 aliphatic carbocycles. The molecule has 0 bridgehead atoms. The minimum Gasteiger partial charge on any atom is -0.306 e. The predicted molar refractivity (Wildman–Crippen MR) is 84.4 cm³/mol. The molecule has 106 valence electrons. The van der Waals surface area contributed by atoms with Gasteiger partial charge in [-0.25, -0.2) is 0 Å². The van der Waals surface area contributed by atoms with Gasteiger partial charge in [0.05, 0.1) is 0 Å². The molecule has 0 aliphatic heterocycles. The highest BCUT2D eigenvalue weighted by Gasteiger charge is 2.26. The Morgan fingerprint density at radius 2 is 1.79 bits per heavy atom. The lowest BCUT2D eigenvalue weighted by Gasteiger charge is -2.32. The van der Waals surface area contributed by atoms with Crippen molar-refractivity contribution >= 4 is 12.4 Å². The van der Waals surface area contributed by atoms with E-state index in [0.717, 1.165) is 12.0 Å². The van der Waals surface area contributed by atoms with E-state index in [1.54, 1.807) is 16.7 Å². The second kappa shape index (κ2) is 6.28. The van der Waals surface area contributed by atoms with Gasteiger partial charge in [0.1, 0.15) is 0 Å². The molecule has 1 saturated carbocycles. The zero-order valence-electron chi connectivity index (χ0n) is 12.2. The van der Waals surface area contributed by atoms with Crippen molar-refractivity contribution in [3.63, 3.8) is 0 Å². The first-order valence-electron chi connectivity index (χ1n) is 7.53. The zero-order chi connectivity index (χ0) is 12.5. The third-order valence-electron chi connectivity index (χ3n) is 5.02. The van der Waals surface area contributed by atoms with Crippen LogP contribution in [0.5, 0.6) is 0 Å². The molecular formula is C17H26ClN. The molecule has 1 atom stereocenters. The second-order valence-electron chi connectivity index (χ2n) is 6.33. The van der Waals surface area contributed by atoms with Crippen molar-refractivity contribution in [2.24, 2.45) is 0 Å². The molecular weight excluding hydrogens is 254 g/mol. The van der Waals surface area contributed by atoms with E-state index >= 15 is 0 Å². The van der Waals surface area contributed by atoms with E-state index in [1.807, 2.05) is 0 Å². The summed E-state index contributed by atoms with van der Waals surface area (Å²) in [5, 5.41) is 0. The molecule has 1 nitrogen and oxygen atoms in total. The molecule has 1 fully saturated rings. The topological polar surface area (TPSA) is 3.24 Å². The molecule has 0 aromatic heterocycles. The molecule has 0 amide bonds. The van der Waals surface area contributed by atoms with Crippen LogP contribution in [0.25, 0.3) is 0 Å². The number of nitrogens with zero attached hydrogens (tertiary/aromatic N) is 1. The monoisotopic (exact) mass is 279 g/mol. The van der Waals surface area contributed by atoms with Crippen molar-refractivity contribution in [2.45, 2.75) is 56.9 Å². The number of hydrogen-bond acceptors (Lipinski definition) is 1. The van der Waals surface area contributed by atoms with Gasteiger partial charge in [-0.2, -0.15) is 0 Å². The summed E-state index contributed by atoms with van der Waals surface area (Å²) in [6, 6.07) is 7.81. The first kappa shape index (κ1) is 14.9. The van der Waals surface area contributed by atoms with Gasteiger partial charge < -0.3 is 4.90 Å². The van der Waals surface area contributed by atoms with Crippen LogP contribution in [0.2, 0.25) is 0 Å². The lowest BCUT2D eigenvalue weighted by Crippen LogP contribution is -2.34. The summed E-state index contributed by atoms with van der Waals surface area (Å²) in [6.45, 7) is 0. The minimum absolute atomic E-state index is 0. The van der Waals surface area contributed by atoms with Crippen LogP contribution >= 0.6 is 12.4 Å². The Morgan fingerprint density at radius 1 is 1.05 bits per heavy atom. The van der Waals surface area contributed by atoms with Crippen LogP contribution in [-0.4, -0.2) is 25.0 Å². The molecule has 1 aromatic carbocycles. The number of aryl methyl sites for hydroxylation is 1. The van der Waals surface area contributed by atoms with E-state index < -0.39 is 0 Å². The summed E-state index contributed by atoms with van der Waals surface area (Å²) in [7, 11) is 4.46. The first-order chi connectivity index (χ1) is 8.75. The predicted octanol–water partition coefficient (Wildman–Crippen LogP) is 4.18. The van der Waals surface area contributed by atoms with Crippen LogP contribution in [0, 0.1) is 0 Å². The lowest BCUT2D eigenvalue weighted by atomic mass is 9.81. The molecule has 0 N–H and O–H groups in total. The molecule has 2 aliphatic rings.